The van der Waals surface area contributed by atoms with Crippen LogP contribution in [-0.4, -0.2) is 15.6 Å². The topological polar surface area (TPSA) is 32.3 Å². The Bertz CT molecular complexity index is 329. The third-order valence-corrected chi connectivity index (χ3v) is 2.19. The predicted octanol–water partition coefficient (Wildman–Crippen LogP) is 2.44. The van der Waals surface area contributed by atoms with Crippen molar-refractivity contribution in [1.82, 2.24) is 5.32 Å². The second-order valence-electron chi connectivity index (χ2n) is 4.55. The Kier molecular flexibility index (Phi) is 3.83. The van der Waals surface area contributed by atoms with Gasteiger partial charge in [0.25, 0.3) is 0 Å². The van der Waals surface area contributed by atoms with Gasteiger partial charge in [0.15, 0.2) is 0 Å². The number of rotatable bonds is 2. The van der Waals surface area contributed by atoms with Gasteiger partial charge in [-0.05, 0) is 26.3 Å². The van der Waals surface area contributed by atoms with Crippen LogP contribution < -0.4 is 5.32 Å². The van der Waals surface area contributed by atoms with Gasteiger partial charge in [0.05, 0.1) is 0 Å². The highest BCUT2D eigenvalue weighted by atomic mass is 32.1. The summed E-state index contributed by atoms with van der Waals surface area (Å²) in [6.45, 7) is 6.03. The minimum absolute atomic E-state index is 0.118. The van der Waals surface area contributed by atoms with Gasteiger partial charge in [-0.2, -0.15) is 0 Å². The minimum Gasteiger partial charge on any atom is -0.381 e. The van der Waals surface area contributed by atoms with Crippen molar-refractivity contribution in [1.29, 1.82) is 0 Å². The van der Waals surface area contributed by atoms with Crippen LogP contribution in [0.4, 0.5) is 0 Å². The fourth-order valence-corrected chi connectivity index (χ4v) is 1.67. The summed E-state index contributed by atoms with van der Waals surface area (Å²) in [6, 6.07) is 9.41. The van der Waals surface area contributed by atoms with Crippen molar-refractivity contribution in [2.75, 3.05) is 0 Å². The van der Waals surface area contributed by atoms with E-state index >= 15 is 0 Å². The van der Waals surface area contributed by atoms with Crippen molar-refractivity contribution in [2.45, 2.75) is 32.4 Å². The fourth-order valence-electron chi connectivity index (χ4n) is 1.22. The van der Waals surface area contributed by atoms with E-state index in [0.717, 1.165) is 5.56 Å². The maximum absolute atomic E-state index is 9.95. The van der Waals surface area contributed by atoms with Gasteiger partial charge in [-0.1, -0.05) is 42.5 Å². The number of hydrogen-bond donors (Lipinski definition) is 2. The quantitative estimate of drug-likeness (QED) is 0.755. The molecule has 0 aliphatic rings. The van der Waals surface area contributed by atoms with Gasteiger partial charge in [0.2, 0.25) is 0 Å². The SMILES string of the molecule is CC(C)(C)NC(=S)C(O)c1ccccc1. The third-order valence-electron chi connectivity index (χ3n) is 1.86. The van der Waals surface area contributed by atoms with Crippen LogP contribution in [0.3, 0.4) is 0 Å². The second-order valence-corrected chi connectivity index (χ2v) is 4.99. The molecular formula is C12H17NOS. The van der Waals surface area contributed by atoms with Gasteiger partial charge in [-0.25, -0.2) is 0 Å². The molecule has 3 heteroatoms. The Morgan fingerprint density at radius 1 is 1.27 bits per heavy atom. The molecule has 15 heavy (non-hydrogen) atoms. The van der Waals surface area contributed by atoms with Gasteiger partial charge in [-0.15, -0.1) is 0 Å². The van der Waals surface area contributed by atoms with Crippen molar-refractivity contribution in [3.05, 3.63) is 35.9 Å². The summed E-state index contributed by atoms with van der Waals surface area (Å²) in [4.78, 5) is 0.466. The van der Waals surface area contributed by atoms with Crippen molar-refractivity contribution >= 4 is 17.2 Å². The van der Waals surface area contributed by atoms with E-state index in [1.165, 1.54) is 0 Å². The maximum Gasteiger partial charge on any atom is 0.129 e. The first-order valence-corrected chi connectivity index (χ1v) is 5.36. The van der Waals surface area contributed by atoms with Crippen molar-refractivity contribution in [3.8, 4) is 0 Å². The molecule has 2 nitrogen and oxygen atoms in total. The van der Waals surface area contributed by atoms with E-state index < -0.39 is 6.10 Å². The van der Waals surface area contributed by atoms with Crippen LogP contribution in [0.15, 0.2) is 30.3 Å². The maximum atomic E-state index is 9.95. The molecule has 0 saturated carbocycles. The molecule has 2 N–H and O–H groups in total. The highest BCUT2D eigenvalue weighted by molar-refractivity contribution is 7.80. The summed E-state index contributed by atoms with van der Waals surface area (Å²) in [5.41, 5.74) is 0.701. The zero-order chi connectivity index (χ0) is 11.5. The molecule has 0 fully saturated rings. The van der Waals surface area contributed by atoms with Crippen LogP contribution in [0, 0.1) is 0 Å². The summed E-state index contributed by atoms with van der Waals surface area (Å²) in [7, 11) is 0. The van der Waals surface area contributed by atoms with E-state index in [4.69, 9.17) is 12.2 Å². The first-order chi connectivity index (χ1) is 6.90. The molecule has 82 valence electrons. The van der Waals surface area contributed by atoms with Crippen LogP contribution in [0.25, 0.3) is 0 Å². The zero-order valence-electron chi connectivity index (χ0n) is 9.32. The number of aliphatic hydroxyl groups excluding tert-OH is 1. The van der Waals surface area contributed by atoms with Crippen molar-refractivity contribution < 1.29 is 5.11 Å². The number of aliphatic hydroxyl groups is 1. The minimum atomic E-state index is -0.722. The molecule has 1 rings (SSSR count). The zero-order valence-corrected chi connectivity index (χ0v) is 10.1. The molecule has 1 aromatic rings. The molecule has 0 aromatic heterocycles. The van der Waals surface area contributed by atoms with Crippen LogP contribution in [-0.2, 0) is 0 Å². The second kappa shape index (κ2) is 4.73. The smallest absolute Gasteiger partial charge is 0.129 e. The molecule has 0 heterocycles. The van der Waals surface area contributed by atoms with Crippen LogP contribution >= 0.6 is 12.2 Å². The summed E-state index contributed by atoms with van der Waals surface area (Å²) in [6.07, 6.45) is -0.722. The van der Waals surface area contributed by atoms with Gasteiger partial charge < -0.3 is 10.4 Å². The molecule has 1 aromatic carbocycles. The summed E-state index contributed by atoms with van der Waals surface area (Å²) in [5, 5.41) is 13.0. The lowest BCUT2D eigenvalue weighted by atomic mass is 10.1. The van der Waals surface area contributed by atoms with E-state index in [9.17, 15) is 5.11 Å². The molecule has 0 radical (unpaired) electrons. The molecule has 1 unspecified atom stereocenters. The van der Waals surface area contributed by atoms with Crippen molar-refractivity contribution in [3.63, 3.8) is 0 Å². The first kappa shape index (κ1) is 12.1. The van der Waals surface area contributed by atoms with E-state index in [1.54, 1.807) is 0 Å². The Balaban J connectivity index is 2.70. The number of hydrogen-bond acceptors (Lipinski definition) is 2. The van der Waals surface area contributed by atoms with Gasteiger partial charge >= 0.3 is 0 Å². The van der Waals surface area contributed by atoms with Gasteiger partial charge in [-0.3, -0.25) is 0 Å². The molecule has 1 atom stereocenters. The highest BCUT2D eigenvalue weighted by Gasteiger charge is 2.18. The normalized spacial score (nSPS) is 13.3. The van der Waals surface area contributed by atoms with E-state index in [1.807, 2.05) is 51.1 Å². The Morgan fingerprint density at radius 2 is 1.80 bits per heavy atom. The van der Waals surface area contributed by atoms with E-state index in [0.29, 0.717) is 4.99 Å². The lowest BCUT2D eigenvalue weighted by molar-refractivity contribution is 0.242. The predicted molar refractivity (Wildman–Crippen MR) is 66.9 cm³/mol. The molecule has 0 spiro atoms. The highest BCUT2D eigenvalue weighted by Crippen LogP contribution is 2.14. The van der Waals surface area contributed by atoms with E-state index in [-0.39, 0.29) is 5.54 Å². The number of nitrogens with one attached hydrogen (secondary N) is 1. The van der Waals surface area contributed by atoms with Crippen LogP contribution in [0.1, 0.15) is 32.4 Å². The summed E-state index contributed by atoms with van der Waals surface area (Å²) in [5.74, 6) is 0. The van der Waals surface area contributed by atoms with Crippen molar-refractivity contribution in [2.24, 2.45) is 0 Å². The number of benzene rings is 1. The van der Waals surface area contributed by atoms with Gasteiger partial charge in [0, 0.05) is 5.54 Å². The van der Waals surface area contributed by atoms with E-state index in [2.05, 4.69) is 5.32 Å². The van der Waals surface area contributed by atoms with Crippen LogP contribution in [0.5, 0.6) is 0 Å². The monoisotopic (exact) mass is 223 g/mol. The Labute approximate surface area is 96.3 Å². The Morgan fingerprint density at radius 3 is 2.27 bits per heavy atom. The standard InChI is InChI=1S/C12H17NOS/c1-12(2,3)13-11(15)10(14)9-7-5-4-6-8-9/h4-8,10,14H,1-3H3,(H,13,15). The molecule has 0 saturated heterocycles. The third kappa shape index (κ3) is 3.98. The summed E-state index contributed by atoms with van der Waals surface area (Å²) >= 11 is 5.15. The lowest BCUT2D eigenvalue weighted by Crippen LogP contribution is -2.42. The fraction of sp³-hybridized carbons (Fsp3) is 0.417. The molecular weight excluding hydrogens is 206 g/mol. The average molecular weight is 223 g/mol. The molecule has 0 amide bonds. The molecule has 0 bridgehead atoms. The van der Waals surface area contributed by atoms with Gasteiger partial charge in [0.1, 0.15) is 11.1 Å². The Hall–Kier alpha value is -0.930. The lowest BCUT2D eigenvalue weighted by Gasteiger charge is -2.25. The van der Waals surface area contributed by atoms with Crippen LogP contribution in [0.2, 0.25) is 0 Å². The molecule has 0 aliphatic heterocycles. The largest absolute Gasteiger partial charge is 0.381 e. The average Bonchev–Trinajstić information content (AvgIpc) is 2.15. The summed E-state index contributed by atoms with van der Waals surface area (Å²) < 4.78 is 0. The number of thiocarbonyl (C=S) groups is 1. The first-order valence-electron chi connectivity index (χ1n) is 4.95. The molecule has 0 aliphatic carbocycles.